The molecule has 3 rings (SSSR count). The number of carbonyl (C=O) groups excluding carboxylic acids is 3. The first kappa shape index (κ1) is 22.2. The molecule has 0 aromatic heterocycles. The average Bonchev–Trinajstić information content (AvgIpc) is 3.09. The van der Waals surface area contributed by atoms with Crippen molar-refractivity contribution in [2.45, 2.75) is 70.1 Å². The molecule has 0 saturated carbocycles. The van der Waals surface area contributed by atoms with Crippen LogP contribution in [0.25, 0.3) is 0 Å². The van der Waals surface area contributed by atoms with E-state index in [0.29, 0.717) is 6.42 Å². The van der Waals surface area contributed by atoms with Crippen LogP contribution in [0.2, 0.25) is 0 Å². The third kappa shape index (κ3) is 3.92. The van der Waals surface area contributed by atoms with Gasteiger partial charge in [-0.3, -0.25) is 4.79 Å². The second kappa shape index (κ2) is 7.33. The summed E-state index contributed by atoms with van der Waals surface area (Å²) in [4.78, 5) is 36.1. The fourth-order valence-electron chi connectivity index (χ4n) is 3.86. The smallest absolute Gasteiger partial charge is 0.343 e. The number of fused-ring (bicyclic) bond motifs is 3. The summed E-state index contributed by atoms with van der Waals surface area (Å²) in [5, 5.41) is 22.1. The van der Waals surface area contributed by atoms with E-state index in [1.54, 1.807) is 6.92 Å². The Morgan fingerprint density at radius 3 is 2.53 bits per heavy atom. The van der Waals surface area contributed by atoms with Gasteiger partial charge in [-0.25, -0.2) is 9.59 Å². The zero-order valence-corrected chi connectivity index (χ0v) is 17.4. The normalized spacial score (nSPS) is 35.5. The molecule has 0 aliphatic carbocycles. The molecule has 9 nitrogen and oxygen atoms in total. The van der Waals surface area contributed by atoms with Crippen molar-refractivity contribution < 1.29 is 43.5 Å². The van der Waals surface area contributed by atoms with E-state index in [0.717, 1.165) is 0 Å². The van der Waals surface area contributed by atoms with Gasteiger partial charge in [-0.1, -0.05) is 6.58 Å². The van der Waals surface area contributed by atoms with Crippen LogP contribution in [0, 0.1) is 0 Å². The number of aliphatic hydroxyl groups is 2. The highest BCUT2D eigenvalue weighted by Gasteiger charge is 2.58. The molecular weight excluding hydrogens is 396 g/mol. The SMILES string of the molecule is C=C(C)C(=O)O[C@H]1C[C@@](C)(O)[C@]2(O)CC[C@](C)(C=C3OC(=O)C(COC(C)=O)=C31)O2. The van der Waals surface area contributed by atoms with E-state index < -0.39 is 47.6 Å². The molecule has 9 heteroatoms. The van der Waals surface area contributed by atoms with Crippen LogP contribution in [0.1, 0.15) is 47.0 Å². The van der Waals surface area contributed by atoms with Crippen LogP contribution in [0.3, 0.4) is 0 Å². The molecule has 0 amide bonds. The van der Waals surface area contributed by atoms with Crippen molar-refractivity contribution in [3.63, 3.8) is 0 Å². The molecular formula is C21H26O9. The Balaban J connectivity index is 2.17. The van der Waals surface area contributed by atoms with Crippen LogP contribution < -0.4 is 0 Å². The van der Waals surface area contributed by atoms with E-state index >= 15 is 0 Å². The highest BCUT2D eigenvalue weighted by Crippen LogP contribution is 2.49. The third-order valence-electron chi connectivity index (χ3n) is 5.60. The van der Waals surface area contributed by atoms with Crippen LogP contribution in [0.4, 0.5) is 0 Å². The van der Waals surface area contributed by atoms with Gasteiger partial charge in [0.15, 0.2) is 5.79 Å². The van der Waals surface area contributed by atoms with Crippen molar-refractivity contribution in [3.8, 4) is 0 Å². The monoisotopic (exact) mass is 422 g/mol. The first-order valence-corrected chi connectivity index (χ1v) is 9.60. The van der Waals surface area contributed by atoms with Crippen molar-refractivity contribution in [1.29, 1.82) is 0 Å². The predicted octanol–water partition coefficient (Wildman–Crippen LogP) is 1.19. The first-order valence-electron chi connectivity index (χ1n) is 9.60. The molecule has 0 radical (unpaired) electrons. The van der Waals surface area contributed by atoms with E-state index in [2.05, 4.69) is 6.58 Å². The van der Waals surface area contributed by atoms with Gasteiger partial charge in [-0.2, -0.15) is 0 Å². The molecule has 3 aliphatic heterocycles. The molecule has 1 saturated heterocycles. The van der Waals surface area contributed by atoms with Crippen molar-refractivity contribution >= 4 is 17.9 Å². The second-order valence-corrected chi connectivity index (χ2v) is 8.42. The number of esters is 3. The Labute approximate surface area is 173 Å². The summed E-state index contributed by atoms with van der Waals surface area (Å²) >= 11 is 0. The van der Waals surface area contributed by atoms with Gasteiger partial charge in [0.05, 0.1) is 11.2 Å². The fraction of sp³-hybridized carbons (Fsp3) is 0.571. The molecule has 2 bridgehead atoms. The molecule has 2 N–H and O–H groups in total. The molecule has 164 valence electrons. The Morgan fingerprint density at radius 1 is 1.27 bits per heavy atom. The van der Waals surface area contributed by atoms with Crippen LogP contribution in [-0.4, -0.2) is 57.8 Å². The summed E-state index contributed by atoms with van der Waals surface area (Å²) in [6.07, 6.45) is 0.495. The maximum Gasteiger partial charge on any atom is 0.343 e. The number of rotatable bonds is 4. The summed E-state index contributed by atoms with van der Waals surface area (Å²) in [5.74, 6) is -3.96. The molecule has 3 heterocycles. The molecule has 3 aliphatic rings. The Morgan fingerprint density at radius 2 is 1.93 bits per heavy atom. The van der Waals surface area contributed by atoms with Crippen molar-refractivity contribution in [2.75, 3.05) is 6.61 Å². The number of hydrogen-bond acceptors (Lipinski definition) is 9. The topological polar surface area (TPSA) is 129 Å². The Bertz CT molecular complexity index is 881. The van der Waals surface area contributed by atoms with Crippen molar-refractivity contribution in [2.24, 2.45) is 0 Å². The highest BCUT2D eigenvalue weighted by atomic mass is 16.7. The molecule has 0 aromatic carbocycles. The maximum atomic E-state index is 12.5. The van der Waals surface area contributed by atoms with E-state index in [9.17, 15) is 24.6 Å². The van der Waals surface area contributed by atoms with E-state index in [1.165, 1.54) is 26.8 Å². The summed E-state index contributed by atoms with van der Waals surface area (Å²) in [6, 6.07) is 0. The summed E-state index contributed by atoms with van der Waals surface area (Å²) < 4.78 is 21.7. The maximum absolute atomic E-state index is 12.5. The minimum Gasteiger partial charge on any atom is -0.461 e. The van der Waals surface area contributed by atoms with Gasteiger partial charge in [0.2, 0.25) is 0 Å². The van der Waals surface area contributed by atoms with Gasteiger partial charge < -0.3 is 29.2 Å². The number of carbonyl (C=O) groups is 3. The molecule has 1 fully saturated rings. The molecule has 0 spiro atoms. The summed E-state index contributed by atoms with van der Waals surface area (Å²) in [7, 11) is 0. The minimum atomic E-state index is -1.91. The lowest BCUT2D eigenvalue weighted by atomic mass is 9.82. The Hall–Kier alpha value is -2.49. The number of hydrogen-bond donors (Lipinski definition) is 2. The lowest BCUT2D eigenvalue weighted by Gasteiger charge is -2.40. The van der Waals surface area contributed by atoms with Gasteiger partial charge in [-0.15, -0.1) is 0 Å². The lowest BCUT2D eigenvalue weighted by molar-refractivity contribution is -0.298. The van der Waals surface area contributed by atoms with Crippen LogP contribution >= 0.6 is 0 Å². The number of ether oxygens (including phenoxy) is 4. The quantitative estimate of drug-likeness (QED) is 0.390. The van der Waals surface area contributed by atoms with E-state index in [1.807, 2.05) is 0 Å². The molecule has 0 unspecified atom stereocenters. The lowest BCUT2D eigenvalue weighted by Crippen LogP contribution is -2.54. The van der Waals surface area contributed by atoms with Gasteiger partial charge in [0, 0.05) is 30.9 Å². The van der Waals surface area contributed by atoms with Gasteiger partial charge in [-0.05, 0) is 33.3 Å². The van der Waals surface area contributed by atoms with Crippen LogP contribution in [0.5, 0.6) is 0 Å². The molecule has 30 heavy (non-hydrogen) atoms. The fourth-order valence-corrected chi connectivity index (χ4v) is 3.86. The summed E-state index contributed by atoms with van der Waals surface area (Å²) in [6.45, 7) is 8.86. The third-order valence-corrected chi connectivity index (χ3v) is 5.60. The standard InChI is InChI=1S/C21H26O9/c1-11(2)17(23)28-15-9-20(5,25)21(26)7-6-19(4,30-21)8-14-16(15)13(18(24)29-14)10-27-12(3)22/h8,15,25-26H,1,6-7,9-10H2,2-5H3/t15-,19+,20+,21-/m0/s1. The van der Waals surface area contributed by atoms with Crippen molar-refractivity contribution in [3.05, 3.63) is 35.1 Å². The Kier molecular flexibility index (Phi) is 5.43. The van der Waals surface area contributed by atoms with Gasteiger partial charge in [0.1, 0.15) is 24.1 Å². The highest BCUT2D eigenvalue weighted by molar-refractivity contribution is 5.96. The van der Waals surface area contributed by atoms with Gasteiger partial charge >= 0.3 is 17.9 Å². The average molecular weight is 422 g/mol. The predicted molar refractivity (Wildman–Crippen MR) is 101 cm³/mol. The second-order valence-electron chi connectivity index (χ2n) is 8.42. The zero-order valence-electron chi connectivity index (χ0n) is 17.4. The molecule has 4 atom stereocenters. The van der Waals surface area contributed by atoms with E-state index in [4.69, 9.17) is 18.9 Å². The summed E-state index contributed by atoms with van der Waals surface area (Å²) in [5.41, 5.74) is -2.64. The first-order chi connectivity index (χ1) is 13.8. The van der Waals surface area contributed by atoms with Crippen LogP contribution in [0.15, 0.2) is 35.1 Å². The largest absolute Gasteiger partial charge is 0.461 e. The minimum absolute atomic E-state index is 0.0138. The van der Waals surface area contributed by atoms with Crippen LogP contribution in [-0.2, 0) is 33.3 Å². The van der Waals surface area contributed by atoms with E-state index in [-0.39, 0.29) is 35.3 Å². The zero-order chi connectivity index (χ0) is 22.5. The van der Waals surface area contributed by atoms with Gasteiger partial charge in [0.25, 0.3) is 0 Å². The molecule has 0 aromatic rings. The van der Waals surface area contributed by atoms with Crippen molar-refractivity contribution in [1.82, 2.24) is 0 Å².